The van der Waals surface area contributed by atoms with Gasteiger partial charge in [0.2, 0.25) is 0 Å². The van der Waals surface area contributed by atoms with Gasteiger partial charge in [-0.3, -0.25) is 14.6 Å². The molecule has 6 heteroatoms. The standard InChI is InChI=1S/C8H17O5P/c1-4-8(5-2,6-3)7(9)13-14(10,11)12/h4-6H2,1-3H3,(H2,10,11,12). The maximum atomic E-state index is 11.5. The first-order valence-corrected chi connectivity index (χ1v) is 6.14. The molecule has 5 nitrogen and oxygen atoms in total. The molecule has 0 aliphatic carbocycles. The van der Waals surface area contributed by atoms with E-state index >= 15 is 0 Å². The van der Waals surface area contributed by atoms with Crippen LogP contribution < -0.4 is 0 Å². The fourth-order valence-corrected chi connectivity index (χ4v) is 1.80. The molecule has 0 atom stereocenters. The van der Waals surface area contributed by atoms with Crippen molar-refractivity contribution in [3.63, 3.8) is 0 Å². The number of hydrogen-bond donors (Lipinski definition) is 2. The van der Waals surface area contributed by atoms with Crippen LogP contribution >= 0.6 is 7.82 Å². The predicted molar refractivity (Wildman–Crippen MR) is 51.4 cm³/mol. The molecule has 0 bridgehead atoms. The third-order valence-electron chi connectivity index (χ3n) is 2.67. The molecule has 0 aromatic rings. The number of phosphoric acid groups is 1. The predicted octanol–water partition coefficient (Wildman–Crippen LogP) is 1.84. The lowest BCUT2D eigenvalue weighted by molar-refractivity contribution is -0.148. The van der Waals surface area contributed by atoms with Crippen LogP contribution in [0.3, 0.4) is 0 Å². The minimum absolute atomic E-state index is 0.513. The quantitative estimate of drug-likeness (QED) is 0.696. The molecule has 0 rings (SSSR count). The zero-order chi connectivity index (χ0) is 11.4. The largest absolute Gasteiger partial charge is 0.527 e. The van der Waals surface area contributed by atoms with Gasteiger partial charge < -0.3 is 4.52 Å². The van der Waals surface area contributed by atoms with E-state index < -0.39 is 19.2 Å². The van der Waals surface area contributed by atoms with Crippen LogP contribution in [0.5, 0.6) is 0 Å². The molecule has 14 heavy (non-hydrogen) atoms. The van der Waals surface area contributed by atoms with Crippen molar-refractivity contribution in [2.75, 3.05) is 0 Å². The lowest BCUT2D eigenvalue weighted by atomic mass is 9.80. The molecule has 84 valence electrons. The lowest BCUT2D eigenvalue weighted by Gasteiger charge is -2.27. The van der Waals surface area contributed by atoms with E-state index in [0.29, 0.717) is 19.3 Å². The average molecular weight is 224 g/mol. The molecular weight excluding hydrogens is 207 g/mol. The van der Waals surface area contributed by atoms with Crippen LogP contribution in [0.15, 0.2) is 0 Å². The first-order chi connectivity index (χ1) is 6.31. The third-order valence-corrected chi connectivity index (χ3v) is 3.07. The van der Waals surface area contributed by atoms with Gasteiger partial charge in [0, 0.05) is 0 Å². The van der Waals surface area contributed by atoms with Crippen LogP contribution in [0.4, 0.5) is 0 Å². The maximum Gasteiger partial charge on any atom is 0.527 e. The first-order valence-electron chi connectivity index (χ1n) is 4.61. The Morgan fingerprint density at radius 2 is 1.57 bits per heavy atom. The van der Waals surface area contributed by atoms with E-state index in [2.05, 4.69) is 4.52 Å². The first kappa shape index (κ1) is 13.6. The van der Waals surface area contributed by atoms with Crippen molar-refractivity contribution in [3.05, 3.63) is 0 Å². The van der Waals surface area contributed by atoms with E-state index in [9.17, 15) is 9.36 Å². The van der Waals surface area contributed by atoms with Crippen LogP contribution in [0.25, 0.3) is 0 Å². The molecule has 0 saturated heterocycles. The normalized spacial score (nSPS) is 12.6. The monoisotopic (exact) mass is 224 g/mol. The SMILES string of the molecule is CCC(CC)(CC)C(=O)OP(=O)(O)O. The molecule has 0 radical (unpaired) electrons. The number of rotatable bonds is 5. The number of carbonyl (C=O) groups excluding carboxylic acids is 1. The van der Waals surface area contributed by atoms with Gasteiger partial charge in [-0.05, 0) is 19.3 Å². The fraction of sp³-hybridized carbons (Fsp3) is 0.875. The molecule has 0 amide bonds. The molecule has 0 unspecified atom stereocenters. The van der Waals surface area contributed by atoms with Crippen molar-refractivity contribution in [1.82, 2.24) is 0 Å². The zero-order valence-electron chi connectivity index (χ0n) is 8.69. The summed E-state index contributed by atoms with van der Waals surface area (Å²) in [5.41, 5.74) is -0.763. The Hall–Kier alpha value is -0.380. The van der Waals surface area contributed by atoms with E-state index in [1.807, 2.05) is 0 Å². The highest BCUT2D eigenvalue weighted by atomic mass is 31.2. The topological polar surface area (TPSA) is 83.8 Å². The van der Waals surface area contributed by atoms with Crippen molar-refractivity contribution in [3.8, 4) is 0 Å². The summed E-state index contributed by atoms with van der Waals surface area (Å²) < 4.78 is 14.6. The Morgan fingerprint density at radius 3 is 1.79 bits per heavy atom. The van der Waals surface area contributed by atoms with Crippen LogP contribution in [0.2, 0.25) is 0 Å². The maximum absolute atomic E-state index is 11.5. The molecule has 0 spiro atoms. The van der Waals surface area contributed by atoms with E-state index in [1.165, 1.54) is 0 Å². The molecule has 0 aliphatic rings. The second-order valence-electron chi connectivity index (χ2n) is 3.21. The highest BCUT2D eigenvalue weighted by Crippen LogP contribution is 2.42. The van der Waals surface area contributed by atoms with Crippen LogP contribution in [0, 0.1) is 5.41 Å². The minimum atomic E-state index is -4.71. The molecule has 0 aliphatic heterocycles. The highest BCUT2D eigenvalue weighted by Gasteiger charge is 2.38. The van der Waals surface area contributed by atoms with Crippen molar-refractivity contribution in [1.29, 1.82) is 0 Å². The van der Waals surface area contributed by atoms with Gasteiger partial charge in [0.15, 0.2) is 0 Å². The summed E-state index contributed by atoms with van der Waals surface area (Å²) in [5, 5.41) is 0. The number of carbonyl (C=O) groups is 1. The van der Waals surface area contributed by atoms with E-state index in [1.54, 1.807) is 20.8 Å². The fourth-order valence-electron chi connectivity index (χ4n) is 1.39. The summed E-state index contributed by atoms with van der Waals surface area (Å²) in [7, 11) is -4.71. The Labute approximate surface area is 83.7 Å². The highest BCUT2D eigenvalue weighted by molar-refractivity contribution is 7.46. The summed E-state index contributed by atoms with van der Waals surface area (Å²) >= 11 is 0. The Morgan fingerprint density at radius 1 is 1.21 bits per heavy atom. The van der Waals surface area contributed by atoms with Gasteiger partial charge >= 0.3 is 13.8 Å². The molecule has 2 N–H and O–H groups in total. The van der Waals surface area contributed by atoms with Crippen LogP contribution in [-0.4, -0.2) is 15.8 Å². The summed E-state index contributed by atoms with van der Waals surface area (Å²) in [4.78, 5) is 28.5. The summed E-state index contributed by atoms with van der Waals surface area (Å²) in [6.45, 7) is 5.40. The van der Waals surface area contributed by atoms with E-state index in [-0.39, 0.29) is 0 Å². The van der Waals surface area contributed by atoms with Gasteiger partial charge in [0.25, 0.3) is 0 Å². The van der Waals surface area contributed by atoms with Crippen molar-refractivity contribution in [2.24, 2.45) is 5.41 Å². The van der Waals surface area contributed by atoms with Crippen LogP contribution in [0.1, 0.15) is 40.0 Å². The van der Waals surface area contributed by atoms with Gasteiger partial charge in [-0.25, -0.2) is 4.57 Å². The second kappa shape index (κ2) is 4.91. The summed E-state index contributed by atoms with van der Waals surface area (Å²) in [5.74, 6) is -0.807. The second-order valence-corrected chi connectivity index (χ2v) is 4.37. The summed E-state index contributed by atoms with van der Waals surface area (Å²) in [6.07, 6.45) is 1.54. The van der Waals surface area contributed by atoms with Gasteiger partial charge in [-0.15, -0.1) is 0 Å². The Bertz CT molecular complexity index is 232. The summed E-state index contributed by atoms with van der Waals surface area (Å²) in [6, 6.07) is 0. The van der Waals surface area contributed by atoms with Crippen molar-refractivity contribution >= 4 is 13.8 Å². The van der Waals surface area contributed by atoms with E-state index in [4.69, 9.17) is 9.79 Å². The molecule has 0 aromatic carbocycles. The molecular formula is C8H17O5P. The van der Waals surface area contributed by atoms with Crippen LogP contribution in [-0.2, 0) is 13.9 Å². The Kier molecular flexibility index (Phi) is 4.78. The Balaban J connectivity index is 4.70. The minimum Gasteiger partial charge on any atom is -0.370 e. The van der Waals surface area contributed by atoms with Gasteiger partial charge in [0.05, 0.1) is 5.41 Å². The molecule has 0 saturated carbocycles. The third kappa shape index (κ3) is 3.40. The number of phosphoric ester groups is 1. The molecule has 0 heterocycles. The average Bonchev–Trinajstić information content (AvgIpc) is 2.05. The lowest BCUT2D eigenvalue weighted by Crippen LogP contribution is -2.30. The molecule has 0 fully saturated rings. The zero-order valence-corrected chi connectivity index (χ0v) is 9.58. The van der Waals surface area contributed by atoms with Gasteiger partial charge in [-0.2, -0.15) is 0 Å². The molecule has 0 aromatic heterocycles. The number of hydrogen-bond acceptors (Lipinski definition) is 3. The van der Waals surface area contributed by atoms with Crippen molar-refractivity contribution < 1.29 is 23.7 Å². The van der Waals surface area contributed by atoms with Crippen molar-refractivity contribution in [2.45, 2.75) is 40.0 Å². The smallest absolute Gasteiger partial charge is 0.370 e. The van der Waals surface area contributed by atoms with Gasteiger partial charge in [0.1, 0.15) is 0 Å². The van der Waals surface area contributed by atoms with Gasteiger partial charge in [-0.1, -0.05) is 20.8 Å². The van der Waals surface area contributed by atoms with E-state index in [0.717, 1.165) is 0 Å².